The van der Waals surface area contributed by atoms with Crippen molar-refractivity contribution in [3.8, 4) is 0 Å². The third kappa shape index (κ3) is 3.48. The molecule has 1 fully saturated rings. The quantitative estimate of drug-likeness (QED) is 0.858. The average molecular weight is 280 g/mol. The highest BCUT2D eigenvalue weighted by Gasteiger charge is 2.29. The van der Waals surface area contributed by atoms with Gasteiger partial charge in [-0.25, -0.2) is 4.98 Å². The first-order valence-electron chi connectivity index (χ1n) is 6.68. The van der Waals surface area contributed by atoms with Gasteiger partial charge >= 0.3 is 0 Å². The van der Waals surface area contributed by atoms with E-state index in [1.54, 1.807) is 29.8 Å². The van der Waals surface area contributed by atoms with E-state index in [-0.39, 0.29) is 17.9 Å². The number of carbonyl (C=O) groups excluding carboxylic acids is 1. The van der Waals surface area contributed by atoms with E-state index in [1.807, 2.05) is 12.1 Å². The minimum atomic E-state index is -0.348. The lowest BCUT2D eigenvalue weighted by molar-refractivity contribution is 0.0762. The van der Waals surface area contributed by atoms with Crippen LogP contribution in [0.15, 0.2) is 23.4 Å². The largest absolute Gasteiger partial charge is 0.393 e. The molecule has 1 saturated heterocycles. The van der Waals surface area contributed by atoms with Crippen LogP contribution in [0, 0.1) is 5.92 Å². The molecule has 2 atom stereocenters. The predicted molar refractivity (Wildman–Crippen MR) is 76.3 cm³/mol. The van der Waals surface area contributed by atoms with Crippen LogP contribution in [0.4, 0.5) is 0 Å². The van der Waals surface area contributed by atoms with Crippen LogP contribution in [0.5, 0.6) is 0 Å². The molecule has 0 aromatic carbocycles. The van der Waals surface area contributed by atoms with E-state index in [4.69, 9.17) is 0 Å². The van der Waals surface area contributed by atoms with E-state index in [2.05, 4.69) is 11.9 Å². The molecule has 2 heterocycles. The molecule has 0 spiro atoms. The van der Waals surface area contributed by atoms with Gasteiger partial charge in [0, 0.05) is 25.2 Å². The molecule has 1 aromatic heterocycles. The number of aliphatic hydroxyl groups is 1. The second kappa shape index (κ2) is 6.39. The van der Waals surface area contributed by atoms with Gasteiger partial charge in [-0.3, -0.25) is 4.79 Å². The molecule has 19 heavy (non-hydrogen) atoms. The zero-order valence-electron chi connectivity index (χ0n) is 11.4. The van der Waals surface area contributed by atoms with Crippen molar-refractivity contribution < 1.29 is 9.90 Å². The Morgan fingerprint density at radius 2 is 2.42 bits per heavy atom. The third-order valence-electron chi connectivity index (χ3n) is 3.47. The maximum absolute atomic E-state index is 12.3. The molecule has 1 N–H and O–H groups in total. The normalized spacial score (nSPS) is 20.6. The van der Waals surface area contributed by atoms with Crippen molar-refractivity contribution >= 4 is 17.7 Å². The number of aromatic nitrogens is 1. The molecule has 4 nitrogen and oxygen atoms in total. The lowest BCUT2D eigenvalue weighted by atomic mass is 10.0. The van der Waals surface area contributed by atoms with Crippen LogP contribution in [-0.4, -0.2) is 45.8 Å². The molecular weight excluding hydrogens is 260 g/mol. The zero-order chi connectivity index (χ0) is 13.8. The zero-order valence-corrected chi connectivity index (χ0v) is 12.2. The summed E-state index contributed by atoms with van der Waals surface area (Å²) in [5.41, 5.74) is 0.631. The fraction of sp³-hybridized carbons (Fsp3) is 0.571. The van der Waals surface area contributed by atoms with E-state index < -0.39 is 0 Å². The SMILES string of the molecule is CCSc1ccc(C(=O)N2CCC(C(C)O)C2)cn1. The Hall–Kier alpha value is -1.07. The van der Waals surface area contributed by atoms with Gasteiger partial charge in [0.2, 0.25) is 0 Å². The minimum absolute atomic E-state index is 0.0173. The van der Waals surface area contributed by atoms with Gasteiger partial charge in [-0.2, -0.15) is 0 Å². The first kappa shape index (κ1) is 14.3. The summed E-state index contributed by atoms with van der Waals surface area (Å²) < 4.78 is 0. The third-order valence-corrected chi connectivity index (χ3v) is 4.30. The number of likely N-dealkylation sites (tertiary alicyclic amines) is 1. The number of pyridine rings is 1. The molecule has 1 aromatic rings. The Bertz CT molecular complexity index is 434. The number of rotatable bonds is 4. The standard InChI is InChI=1S/C14H20N2O2S/c1-3-19-13-5-4-11(8-15-13)14(18)16-7-6-12(9-16)10(2)17/h4-5,8,10,12,17H,3,6-7,9H2,1-2H3. The summed E-state index contributed by atoms with van der Waals surface area (Å²) in [7, 11) is 0. The Labute approximate surface area is 118 Å². The monoisotopic (exact) mass is 280 g/mol. The van der Waals surface area contributed by atoms with E-state index in [1.165, 1.54) is 0 Å². The van der Waals surface area contributed by atoms with Gasteiger partial charge < -0.3 is 10.0 Å². The van der Waals surface area contributed by atoms with Gasteiger partial charge in [0.15, 0.2) is 0 Å². The topological polar surface area (TPSA) is 53.4 Å². The number of amides is 1. The second-order valence-corrected chi connectivity index (χ2v) is 6.14. The lowest BCUT2D eigenvalue weighted by Crippen LogP contribution is -2.30. The molecule has 1 amide bonds. The molecule has 104 valence electrons. The fourth-order valence-corrected chi connectivity index (χ4v) is 2.88. The van der Waals surface area contributed by atoms with E-state index >= 15 is 0 Å². The van der Waals surface area contributed by atoms with E-state index in [0.717, 1.165) is 23.7 Å². The molecule has 2 rings (SSSR count). The molecule has 0 saturated carbocycles. The smallest absolute Gasteiger partial charge is 0.255 e. The van der Waals surface area contributed by atoms with Gasteiger partial charge in [0.05, 0.1) is 16.7 Å². The molecule has 2 unspecified atom stereocenters. The Kier molecular flexibility index (Phi) is 4.82. The summed E-state index contributed by atoms with van der Waals surface area (Å²) in [4.78, 5) is 18.4. The van der Waals surface area contributed by atoms with Crippen molar-refractivity contribution in [3.63, 3.8) is 0 Å². The average Bonchev–Trinajstić information content (AvgIpc) is 2.89. The molecule has 5 heteroatoms. The summed E-state index contributed by atoms with van der Waals surface area (Å²) in [6, 6.07) is 3.73. The highest BCUT2D eigenvalue weighted by atomic mass is 32.2. The second-order valence-electron chi connectivity index (χ2n) is 4.86. The number of thioether (sulfide) groups is 1. The first-order valence-corrected chi connectivity index (χ1v) is 7.66. The summed E-state index contributed by atoms with van der Waals surface area (Å²) in [5.74, 6) is 1.19. The minimum Gasteiger partial charge on any atom is -0.393 e. The molecule has 0 aliphatic carbocycles. The molecular formula is C14H20N2O2S. The van der Waals surface area contributed by atoms with Crippen molar-refractivity contribution in [2.75, 3.05) is 18.8 Å². The number of nitrogens with zero attached hydrogens (tertiary/aromatic N) is 2. The number of hydrogen-bond acceptors (Lipinski definition) is 4. The number of hydrogen-bond donors (Lipinski definition) is 1. The maximum atomic E-state index is 12.3. The number of carbonyl (C=O) groups is 1. The van der Waals surface area contributed by atoms with Crippen LogP contribution in [0.3, 0.4) is 0 Å². The summed E-state index contributed by atoms with van der Waals surface area (Å²) in [6.45, 7) is 5.23. The van der Waals surface area contributed by atoms with E-state index in [0.29, 0.717) is 12.1 Å². The Morgan fingerprint density at radius 3 is 2.95 bits per heavy atom. The first-order chi connectivity index (χ1) is 9.11. The maximum Gasteiger partial charge on any atom is 0.255 e. The van der Waals surface area contributed by atoms with Crippen molar-refractivity contribution in [2.24, 2.45) is 5.92 Å². The predicted octanol–water partition coefficient (Wildman–Crippen LogP) is 2.04. The Balaban J connectivity index is 2.00. The van der Waals surface area contributed by atoms with Crippen molar-refractivity contribution in [2.45, 2.75) is 31.4 Å². The van der Waals surface area contributed by atoms with Gasteiger partial charge in [0.1, 0.15) is 0 Å². The number of aliphatic hydroxyl groups excluding tert-OH is 1. The highest BCUT2D eigenvalue weighted by Crippen LogP contribution is 2.22. The molecule has 0 radical (unpaired) electrons. The molecule has 0 bridgehead atoms. The van der Waals surface area contributed by atoms with Crippen LogP contribution in [0.1, 0.15) is 30.6 Å². The van der Waals surface area contributed by atoms with Crippen LogP contribution in [0.25, 0.3) is 0 Å². The summed E-state index contributed by atoms with van der Waals surface area (Å²) >= 11 is 1.66. The van der Waals surface area contributed by atoms with Crippen molar-refractivity contribution in [1.82, 2.24) is 9.88 Å². The van der Waals surface area contributed by atoms with Gasteiger partial charge in [-0.1, -0.05) is 6.92 Å². The van der Waals surface area contributed by atoms with Gasteiger partial charge in [0.25, 0.3) is 5.91 Å². The molecule has 1 aliphatic rings. The van der Waals surface area contributed by atoms with E-state index in [9.17, 15) is 9.90 Å². The van der Waals surface area contributed by atoms with Gasteiger partial charge in [-0.15, -0.1) is 11.8 Å². The van der Waals surface area contributed by atoms with Crippen molar-refractivity contribution in [3.05, 3.63) is 23.9 Å². The molecule has 1 aliphatic heterocycles. The van der Waals surface area contributed by atoms with Gasteiger partial charge in [-0.05, 0) is 31.2 Å². The highest BCUT2D eigenvalue weighted by molar-refractivity contribution is 7.99. The summed E-state index contributed by atoms with van der Waals surface area (Å²) in [5, 5.41) is 10.5. The lowest BCUT2D eigenvalue weighted by Gasteiger charge is -2.17. The summed E-state index contributed by atoms with van der Waals surface area (Å²) in [6.07, 6.45) is 2.18. The van der Waals surface area contributed by atoms with Crippen LogP contribution in [-0.2, 0) is 0 Å². The van der Waals surface area contributed by atoms with Crippen LogP contribution < -0.4 is 0 Å². The fourth-order valence-electron chi connectivity index (χ4n) is 2.29. The Morgan fingerprint density at radius 1 is 1.63 bits per heavy atom. The van der Waals surface area contributed by atoms with Crippen LogP contribution >= 0.6 is 11.8 Å². The van der Waals surface area contributed by atoms with Crippen LogP contribution in [0.2, 0.25) is 0 Å². The van der Waals surface area contributed by atoms with Crippen molar-refractivity contribution in [1.29, 1.82) is 0 Å².